The molecule has 0 aliphatic rings. The van der Waals surface area contributed by atoms with Crippen LogP contribution in [0.25, 0.3) is 0 Å². The average molecular weight is 282 g/mol. The molecular formula is C4H2F8O3S. The van der Waals surface area contributed by atoms with Crippen molar-refractivity contribution in [1.82, 2.24) is 0 Å². The van der Waals surface area contributed by atoms with Crippen LogP contribution in [0.2, 0.25) is 0 Å². The summed E-state index contributed by atoms with van der Waals surface area (Å²) in [5.41, 5.74) is 0. The highest BCUT2D eigenvalue weighted by Crippen LogP contribution is 2.40. The second kappa shape index (κ2) is 3.98. The van der Waals surface area contributed by atoms with Gasteiger partial charge in [0.1, 0.15) is 0 Å². The van der Waals surface area contributed by atoms with Crippen molar-refractivity contribution in [3.8, 4) is 0 Å². The zero-order valence-electron chi connectivity index (χ0n) is 6.86. The van der Waals surface area contributed by atoms with Crippen LogP contribution in [0.5, 0.6) is 0 Å². The van der Waals surface area contributed by atoms with Crippen LogP contribution in [-0.4, -0.2) is 32.6 Å². The largest absolute Gasteiger partial charge is 0.472 e. The molecule has 0 aromatic carbocycles. The lowest BCUT2D eigenvalue weighted by Gasteiger charge is -2.19. The average Bonchev–Trinajstić information content (AvgIpc) is 1.97. The summed E-state index contributed by atoms with van der Waals surface area (Å²) in [4.78, 5) is 0. The smallest absolute Gasteiger partial charge is 0.256 e. The standard InChI is InChI=1S/C4H2F8O3S/c5-2(6,7)1-15-16(13,14)4(11,12)3(8,9)10/h1H2. The van der Waals surface area contributed by atoms with E-state index in [0.717, 1.165) is 0 Å². The first kappa shape index (κ1) is 15.3. The molecule has 0 aliphatic heterocycles. The van der Waals surface area contributed by atoms with Crippen molar-refractivity contribution in [2.24, 2.45) is 0 Å². The molecule has 0 unspecified atom stereocenters. The van der Waals surface area contributed by atoms with Gasteiger partial charge in [-0.15, -0.1) is 0 Å². The first-order chi connectivity index (χ1) is 6.71. The van der Waals surface area contributed by atoms with Crippen molar-refractivity contribution >= 4 is 10.1 Å². The molecule has 16 heavy (non-hydrogen) atoms. The highest BCUT2D eigenvalue weighted by molar-refractivity contribution is 7.87. The molecule has 3 nitrogen and oxygen atoms in total. The summed E-state index contributed by atoms with van der Waals surface area (Å²) in [6, 6.07) is 0. The van der Waals surface area contributed by atoms with E-state index in [4.69, 9.17) is 0 Å². The molecule has 0 radical (unpaired) electrons. The molecule has 0 saturated heterocycles. The number of rotatable bonds is 3. The Bertz CT molecular complexity index is 337. The molecule has 0 spiro atoms. The molecule has 12 heteroatoms. The Morgan fingerprint density at radius 2 is 1.25 bits per heavy atom. The minimum absolute atomic E-state index is 2.56. The zero-order valence-corrected chi connectivity index (χ0v) is 7.68. The fourth-order valence-electron chi connectivity index (χ4n) is 0.360. The summed E-state index contributed by atoms with van der Waals surface area (Å²) in [6.45, 7) is -2.76. The Hall–Kier alpha value is -0.650. The summed E-state index contributed by atoms with van der Waals surface area (Å²) >= 11 is 0. The normalized spacial score (nSPS) is 15.2. The Morgan fingerprint density at radius 1 is 0.875 bits per heavy atom. The summed E-state index contributed by atoms with van der Waals surface area (Å²) in [5, 5.41) is -6.40. The van der Waals surface area contributed by atoms with E-state index in [2.05, 4.69) is 4.18 Å². The van der Waals surface area contributed by atoms with Crippen molar-refractivity contribution in [2.45, 2.75) is 17.6 Å². The summed E-state index contributed by atoms with van der Waals surface area (Å²) < 4.78 is 115. The highest BCUT2D eigenvalue weighted by atomic mass is 32.2. The van der Waals surface area contributed by atoms with Gasteiger partial charge in [-0.25, -0.2) is 0 Å². The van der Waals surface area contributed by atoms with Crippen molar-refractivity contribution in [3.05, 3.63) is 0 Å². The van der Waals surface area contributed by atoms with Gasteiger partial charge in [-0.05, 0) is 0 Å². The maximum atomic E-state index is 12.1. The van der Waals surface area contributed by atoms with E-state index in [1.165, 1.54) is 0 Å². The van der Waals surface area contributed by atoms with Crippen LogP contribution in [-0.2, 0) is 14.3 Å². The van der Waals surface area contributed by atoms with Crippen LogP contribution in [0.3, 0.4) is 0 Å². The van der Waals surface area contributed by atoms with Crippen LogP contribution in [0.15, 0.2) is 0 Å². The molecule has 0 fully saturated rings. The molecular weight excluding hydrogens is 280 g/mol. The topological polar surface area (TPSA) is 43.4 Å². The van der Waals surface area contributed by atoms with Gasteiger partial charge in [0.2, 0.25) is 0 Å². The first-order valence-electron chi connectivity index (χ1n) is 3.11. The minimum atomic E-state index is -6.73. The molecule has 0 N–H and O–H groups in total. The van der Waals surface area contributed by atoms with Crippen molar-refractivity contribution in [2.75, 3.05) is 6.61 Å². The third-order valence-corrected chi connectivity index (χ3v) is 2.31. The molecule has 0 aromatic rings. The quantitative estimate of drug-likeness (QED) is 0.587. The molecule has 0 atom stereocenters. The van der Waals surface area contributed by atoms with E-state index in [1.807, 2.05) is 0 Å². The second-order valence-electron chi connectivity index (χ2n) is 2.35. The SMILES string of the molecule is O=S(=O)(OCC(F)(F)F)C(F)(F)C(F)(F)F. The maximum Gasteiger partial charge on any atom is 0.472 e. The summed E-state index contributed by atoms with van der Waals surface area (Å²) in [6.07, 6.45) is -11.9. The van der Waals surface area contributed by atoms with Crippen molar-refractivity contribution in [3.63, 3.8) is 0 Å². The molecule has 98 valence electrons. The monoisotopic (exact) mass is 282 g/mol. The zero-order chi connectivity index (χ0) is 13.4. The lowest BCUT2D eigenvalue weighted by atomic mass is 10.7. The van der Waals surface area contributed by atoms with Gasteiger partial charge >= 0.3 is 27.7 Å². The van der Waals surface area contributed by atoms with Crippen LogP contribution in [0.4, 0.5) is 35.1 Å². The number of alkyl halides is 8. The number of hydrogen-bond acceptors (Lipinski definition) is 3. The van der Waals surface area contributed by atoms with E-state index in [9.17, 15) is 43.5 Å². The van der Waals surface area contributed by atoms with E-state index in [0.29, 0.717) is 0 Å². The van der Waals surface area contributed by atoms with E-state index >= 15 is 0 Å². The third-order valence-electron chi connectivity index (χ3n) is 1.02. The van der Waals surface area contributed by atoms with Crippen LogP contribution >= 0.6 is 0 Å². The predicted octanol–water partition coefficient (Wildman–Crippen LogP) is 2.05. The number of hydrogen-bond donors (Lipinski definition) is 0. The van der Waals surface area contributed by atoms with E-state index in [-0.39, 0.29) is 0 Å². The second-order valence-corrected chi connectivity index (χ2v) is 4.00. The highest BCUT2D eigenvalue weighted by Gasteiger charge is 2.68. The van der Waals surface area contributed by atoms with Crippen LogP contribution in [0.1, 0.15) is 0 Å². The van der Waals surface area contributed by atoms with E-state index < -0.39 is 34.3 Å². The minimum Gasteiger partial charge on any atom is -0.256 e. The third kappa shape index (κ3) is 3.43. The van der Waals surface area contributed by atoms with Gasteiger partial charge in [0.05, 0.1) is 0 Å². The molecule has 0 aromatic heterocycles. The van der Waals surface area contributed by atoms with Crippen molar-refractivity contribution < 1.29 is 47.7 Å². The molecule has 0 bridgehead atoms. The fraction of sp³-hybridized carbons (Fsp3) is 1.00. The van der Waals surface area contributed by atoms with Gasteiger partial charge in [0.25, 0.3) is 0 Å². The molecule has 0 rings (SSSR count). The molecule has 0 aliphatic carbocycles. The first-order valence-corrected chi connectivity index (χ1v) is 4.52. The molecule has 0 saturated carbocycles. The van der Waals surface area contributed by atoms with Gasteiger partial charge in [0.15, 0.2) is 6.61 Å². The summed E-state index contributed by atoms with van der Waals surface area (Å²) in [7, 11) is -6.73. The maximum absolute atomic E-state index is 12.1. The molecule has 0 heterocycles. The van der Waals surface area contributed by atoms with Crippen LogP contribution < -0.4 is 0 Å². The Labute approximate surface area is 83.1 Å². The van der Waals surface area contributed by atoms with Gasteiger partial charge < -0.3 is 0 Å². The van der Waals surface area contributed by atoms with Gasteiger partial charge in [-0.1, -0.05) is 0 Å². The number of halogens is 8. The Balaban J connectivity index is 4.96. The summed E-state index contributed by atoms with van der Waals surface area (Å²) in [5.74, 6) is 0. The van der Waals surface area contributed by atoms with Crippen molar-refractivity contribution in [1.29, 1.82) is 0 Å². The predicted molar refractivity (Wildman–Crippen MR) is 31.9 cm³/mol. The molecule has 0 amide bonds. The lowest BCUT2D eigenvalue weighted by Crippen LogP contribution is -2.45. The Kier molecular flexibility index (Phi) is 3.82. The fourth-order valence-corrected chi connectivity index (χ4v) is 1.08. The van der Waals surface area contributed by atoms with Gasteiger partial charge in [-0.2, -0.15) is 43.5 Å². The Morgan fingerprint density at radius 3 is 1.50 bits per heavy atom. The van der Waals surface area contributed by atoms with E-state index in [1.54, 1.807) is 0 Å². The lowest BCUT2D eigenvalue weighted by molar-refractivity contribution is -0.245. The van der Waals surface area contributed by atoms with Gasteiger partial charge in [-0.3, -0.25) is 4.18 Å². The van der Waals surface area contributed by atoms with Gasteiger partial charge in [0, 0.05) is 0 Å². The van der Waals surface area contributed by atoms with Crippen LogP contribution in [0, 0.1) is 0 Å².